The molecule has 21 heavy (non-hydrogen) atoms. The molecule has 8 heteroatoms. The molecule has 0 spiro atoms. The van der Waals surface area contributed by atoms with E-state index in [1.165, 1.54) is 10.9 Å². The molecule has 0 aliphatic carbocycles. The Kier molecular flexibility index (Phi) is 4.49. The Balaban J connectivity index is 2.15. The number of carboxylic acids is 1. The van der Waals surface area contributed by atoms with E-state index in [9.17, 15) is 14.9 Å². The SMILES string of the molecule is CCc1ccc(CNc2cc(C(=O)O)c([N+](=O)[O-])cn2)s1. The van der Waals surface area contributed by atoms with Crippen molar-refractivity contribution in [3.63, 3.8) is 0 Å². The summed E-state index contributed by atoms with van der Waals surface area (Å²) >= 11 is 1.66. The number of nitrogens with zero attached hydrogens (tertiary/aromatic N) is 2. The van der Waals surface area contributed by atoms with Crippen molar-refractivity contribution in [1.82, 2.24) is 4.98 Å². The van der Waals surface area contributed by atoms with Crippen molar-refractivity contribution < 1.29 is 14.8 Å². The summed E-state index contributed by atoms with van der Waals surface area (Å²) in [6, 6.07) is 5.20. The molecule has 0 atom stereocenters. The zero-order chi connectivity index (χ0) is 15.4. The minimum absolute atomic E-state index is 0.296. The Bertz CT molecular complexity index is 684. The van der Waals surface area contributed by atoms with Crippen LogP contribution >= 0.6 is 11.3 Å². The van der Waals surface area contributed by atoms with Gasteiger partial charge in [0.1, 0.15) is 17.6 Å². The van der Waals surface area contributed by atoms with E-state index in [0.717, 1.165) is 17.5 Å². The lowest BCUT2D eigenvalue weighted by Gasteiger charge is -2.05. The molecule has 7 nitrogen and oxygen atoms in total. The molecule has 0 fully saturated rings. The first-order valence-corrected chi connectivity index (χ1v) is 7.02. The summed E-state index contributed by atoms with van der Waals surface area (Å²) in [4.78, 5) is 27.2. The molecule has 0 amide bonds. The van der Waals surface area contributed by atoms with Crippen LogP contribution < -0.4 is 5.32 Å². The first kappa shape index (κ1) is 14.9. The maximum atomic E-state index is 11.0. The maximum Gasteiger partial charge on any atom is 0.342 e. The van der Waals surface area contributed by atoms with Gasteiger partial charge in [-0.25, -0.2) is 9.78 Å². The quantitative estimate of drug-likeness (QED) is 0.628. The molecule has 0 aliphatic heterocycles. The lowest BCUT2D eigenvalue weighted by molar-refractivity contribution is -0.385. The molecule has 2 aromatic heterocycles. The molecule has 0 aliphatic rings. The highest BCUT2D eigenvalue weighted by atomic mass is 32.1. The van der Waals surface area contributed by atoms with Gasteiger partial charge in [0.25, 0.3) is 0 Å². The van der Waals surface area contributed by atoms with Gasteiger partial charge in [-0.15, -0.1) is 11.3 Å². The summed E-state index contributed by atoms with van der Waals surface area (Å²) in [6.45, 7) is 2.56. The van der Waals surface area contributed by atoms with Gasteiger partial charge in [0.05, 0.1) is 11.5 Å². The maximum absolute atomic E-state index is 11.0. The van der Waals surface area contributed by atoms with Crippen LogP contribution in [-0.2, 0) is 13.0 Å². The lowest BCUT2D eigenvalue weighted by Crippen LogP contribution is -2.06. The molecule has 0 saturated heterocycles. The average Bonchev–Trinajstić information content (AvgIpc) is 2.92. The normalized spacial score (nSPS) is 10.3. The van der Waals surface area contributed by atoms with Crippen LogP contribution in [-0.4, -0.2) is 21.0 Å². The van der Waals surface area contributed by atoms with Crippen molar-refractivity contribution in [3.8, 4) is 0 Å². The molecule has 2 heterocycles. The lowest BCUT2D eigenvalue weighted by atomic mass is 10.2. The summed E-state index contributed by atoms with van der Waals surface area (Å²) in [7, 11) is 0. The van der Waals surface area contributed by atoms with E-state index in [1.54, 1.807) is 11.3 Å². The van der Waals surface area contributed by atoms with E-state index >= 15 is 0 Å². The summed E-state index contributed by atoms with van der Waals surface area (Å²) in [5.74, 6) is -1.05. The minimum Gasteiger partial charge on any atom is -0.477 e. The summed E-state index contributed by atoms with van der Waals surface area (Å²) in [5.41, 5.74) is -0.893. The number of aromatic nitrogens is 1. The van der Waals surface area contributed by atoms with E-state index < -0.39 is 16.6 Å². The largest absolute Gasteiger partial charge is 0.477 e. The molecule has 0 saturated carbocycles. The Labute approximate surface area is 124 Å². The van der Waals surface area contributed by atoms with Gasteiger partial charge in [0, 0.05) is 15.8 Å². The summed E-state index contributed by atoms with van der Waals surface area (Å²) in [5, 5.41) is 22.7. The highest BCUT2D eigenvalue weighted by molar-refractivity contribution is 7.12. The summed E-state index contributed by atoms with van der Waals surface area (Å²) < 4.78 is 0. The Morgan fingerprint density at radius 3 is 2.76 bits per heavy atom. The Morgan fingerprint density at radius 2 is 2.19 bits per heavy atom. The van der Waals surface area contributed by atoms with Gasteiger partial charge in [-0.1, -0.05) is 6.92 Å². The van der Waals surface area contributed by atoms with Crippen molar-refractivity contribution in [2.45, 2.75) is 19.9 Å². The van der Waals surface area contributed by atoms with Crippen LogP contribution in [0.25, 0.3) is 0 Å². The number of rotatable bonds is 6. The fraction of sp³-hybridized carbons (Fsp3) is 0.231. The number of nitro groups is 1. The number of hydrogen-bond acceptors (Lipinski definition) is 6. The van der Waals surface area contributed by atoms with E-state index in [2.05, 4.69) is 17.2 Å². The third-order valence-corrected chi connectivity index (χ3v) is 4.05. The molecule has 110 valence electrons. The predicted molar refractivity (Wildman–Crippen MR) is 78.9 cm³/mol. The first-order valence-electron chi connectivity index (χ1n) is 6.20. The standard InChI is InChI=1S/C13H13N3O4S/c1-2-8-3-4-9(21-8)6-14-12-5-10(13(17)18)11(7-15-12)16(19)20/h3-5,7H,2,6H2,1H3,(H,14,15)(H,17,18). The smallest absolute Gasteiger partial charge is 0.342 e. The molecular formula is C13H13N3O4S. The third kappa shape index (κ3) is 3.54. The van der Waals surface area contributed by atoms with Crippen molar-refractivity contribution in [2.24, 2.45) is 0 Å². The number of carboxylic acid groups (broad SMARTS) is 1. The molecule has 0 bridgehead atoms. The number of aromatic carboxylic acids is 1. The van der Waals surface area contributed by atoms with Crippen molar-refractivity contribution in [2.75, 3.05) is 5.32 Å². The first-order chi connectivity index (χ1) is 10.0. The molecule has 0 unspecified atom stereocenters. The van der Waals surface area contributed by atoms with E-state index in [0.29, 0.717) is 12.4 Å². The Hall–Kier alpha value is -2.48. The molecule has 2 aromatic rings. The molecular weight excluding hydrogens is 294 g/mol. The van der Waals surface area contributed by atoms with Crippen LogP contribution in [0.4, 0.5) is 11.5 Å². The van der Waals surface area contributed by atoms with Crippen molar-refractivity contribution in [1.29, 1.82) is 0 Å². The number of aryl methyl sites for hydroxylation is 1. The van der Waals surface area contributed by atoms with Gasteiger partial charge in [-0.2, -0.15) is 0 Å². The van der Waals surface area contributed by atoms with E-state index in [4.69, 9.17) is 5.11 Å². The van der Waals surface area contributed by atoms with Crippen LogP contribution in [0.3, 0.4) is 0 Å². The topological polar surface area (TPSA) is 105 Å². The molecule has 0 aromatic carbocycles. The van der Waals surface area contributed by atoms with Gasteiger partial charge in [0.15, 0.2) is 0 Å². The number of thiophene rings is 1. The molecule has 2 rings (SSSR count). The van der Waals surface area contributed by atoms with Crippen molar-refractivity contribution in [3.05, 3.63) is 49.8 Å². The average molecular weight is 307 g/mol. The fourth-order valence-electron chi connectivity index (χ4n) is 1.75. The summed E-state index contributed by atoms with van der Waals surface area (Å²) in [6.07, 6.45) is 1.92. The van der Waals surface area contributed by atoms with Gasteiger partial charge >= 0.3 is 11.7 Å². The number of carbonyl (C=O) groups is 1. The van der Waals surface area contributed by atoms with E-state index in [1.807, 2.05) is 12.1 Å². The van der Waals surface area contributed by atoms with Gasteiger partial charge in [-0.05, 0) is 18.6 Å². The van der Waals surface area contributed by atoms with Gasteiger partial charge in [-0.3, -0.25) is 10.1 Å². The van der Waals surface area contributed by atoms with Crippen LogP contribution in [0.2, 0.25) is 0 Å². The van der Waals surface area contributed by atoms with Gasteiger partial charge < -0.3 is 10.4 Å². The molecule has 0 radical (unpaired) electrons. The second-order valence-corrected chi connectivity index (χ2v) is 5.48. The zero-order valence-corrected chi connectivity index (χ0v) is 12.0. The highest BCUT2D eigenvalue weighted by Gasteiger charge is 2.20. The van der Waals surface area contributed by atoms with E-state index in [-0.39, 0.29) is 5.56 Å². The number of pyridine rings is 1. The predicted octanol–water partition coefficient (Wildman–Crippen LogP) is 2.92. The monoisotopic (exact) mass is 307 g/mol. The van der Waals surface area contributed by atoms with Gasteiger partial charge in [0.2, 0.25) is 0 Å². The van der Waals surface area contributed by atoms with Crippen LogP contribution in [0.5, 0.6) is 0 Å². The Morgan fingerprint density at radius 1 is 1.48 bits per heavy atom. The third-order valence-electron chi connectivity index (χ3n) is 2.82. The van der Waals surface area contributed by atoms with Crippen LogP contribution in [0.1, 0.15) is 27.0 Å². The molecule has 2 N–H and O–H groups in total. The number of hydrogen-bond donors (Lipinski definition) is 2. The zero-order valence-electron chi connectivity index (χ0n) is 11.2. The number of nitrogens with one attached hydrogen (secondary N) is 1. The second kappa shape index (κ2) is 6.31. The van der Waals surface area contributed by atoms with Crippen LogP contribution in [0.15, 0.2) is 24.4 Å². The highest BCUT2D eigenvalue weighted by Crippen LogP contribution is 2.22. The van der Waals surface area contributed by atoms with Crippen LogP contribution in [0, 0.1) is 10.1 Å². The van der Waals surface area contributed by atoms with Crippen molar-refractivity contribution >= 4 is 28.8 Å². The fourth-order valence-corrected chi connectivity index (χ4v) is 2.64. The minimum atomic E-state index is -1.35. The second-order valence-electron chi connectivity index (χ2n) is 4.22. The number of anilines is 1.